The molecule has 0 aliphatic carbocycles. The zero-order chi connectivity index (χ0) is 23.9. The molecule has 0 atom stereocenters. The number of hydrogen-bond acceptors (Lipinski definition) is 6. The highest BCUT2D eigenvalue weighted by Gasteiger charge is 2.20. The number of pyridine rings is 1. The van der Waals surface area contributed by atoms with Crippen LogP contribution in [0.25, 0.3) is 22.4 Å². The topological polar surface area (TPSA) is 97.6 Å². The van der Waals surface area contributed by atoms with Gasteiger partial charge >= 0.3 is 0 Å². The summed E-state index contributed by atoms with van der Waals surface area (Å²) in [6.45, 7) is 6.55. The van der Waals surface area contributed by atoms with Gasteiger partial charge in [0.2, 0.25) is 0 Å². The zero-order valence-corrected chi connectivity index (χ0v) is 19.2. The van der Waals surface area contributed by atoms with E-state index >= 15 is 0 Å². The van der Waals surface area contributed by atoms with Crippen molar-refractivity contribution in [3.8, 4) is 22.4 Å². The molecule has 2 aromatic carbocycles. The molecule has 34 heavy (non-hydrogen) atoms. The summed E-state index contributed by atoms with van der Waals surface area (Å²) in [6.07, 6.45) is 0.826. The quantitative estimate of drug-likeness (QED) is 0.309. The van der Waals surface area contributed by atoms with Crippen molar-refractivity contribution in [2.75, 3.05) is 39.4 Å². The number of hydrogen-bond donors (Lipinski definition) is 1. The first-order valence-corrected chi connectivity index (χ1v) is 11.4. The SMILES string of the molecule is Cc1nc(-c2ccccc2)cc(-c2cccc([N+](=O)[O-])c2)c1C(=O)NCCCN1CCOCC1. The Bertz CT molecular complexity index is 1160. The molecule has 1 fully saturated rings. The molecule has 1 aliphatic heterocycles. The van der Waals surface area contributed by atoms with Crippen molar-refractivity contribution in [3.63, 3.8) is 0 Å². The van der Waals surface area contributed by atoms with E-state index in [0.717, 1.165) is 44.8 Å². The molecule has 8 heteroatoms. The summed E-state index contributed by atoms with van der Waals surface area (Å²) in [6, 6.07) is 17.9. The van der Waals surface area contributed by atoms with Gasteiger partial charge in [0, 0.05) is 37.3 Å². The van der Waals surface area contributed by atoms with Gasteiger partial charge in [0.1, 0.15) is 0 Å². The monoisotopic (exact) mass is 460 g/mol. The maximum Gasteiger partial charge on any atom is 0.270 e. The van der Waals surface area contributed by atoms with E-state index in [9.17, 15) is 14.9 Å². The number of amides is 1. The number of carbonyl (C=O) groups is 1. The highest BCUT2D eigenvalue weighted by molar-refractivity contribution is 6.02. The van der Waals surface area contributed by atoms with E-state index in [-0.39, 0.29) is 11.6 Å². The molecular formula is C26H28N4O4. The van der Waals surface area contributed by atoms with Crippen molar-refractivity contribution in [2.45, 2.75) is 13.3 Å². The van der Waals surface area contributed by atoms with Crippen molar-refractivity contribution >= 4 is 11.6 Å². The number of benzene rings is 2. The number of nitro groups is 1. The molecular weight excluding hydrogens is 432 g/mol. The predicted molar refractivity (Wildman–Crippen MR) is 131 cm³/mol. The fourth-order valence-electron chi connectivity index (χ4n) is 4.15. The third kappa shape index (κ3) is 5.65. The van der Waals surface area contributed by atoms with Gasteiger partial charge in [0.25, 0.3) is 11.6 Å². The van der Waals surface area contributed by atoms with E-state index in [1.54, 1.807) is 19.1 Å². The van der Waals surface area contributed by atoms with Crippen LogP contribution < -0.4 is 5.32 Å². The fourth-order valence-corrected chi connectivity index (χ4v) is 4.15. The van der Waals surface area contributed by atoms with E-state index in [1.165, 1.54) is 12.1 Å². The molecule has 1 N–H and O–H groups in total. The molecule has 3 aromatic rings. The number of morpholine rings is 1. The fraction of sp³-hybridized carbons (Fsp3) is 0.308. The summed E-state index contributed by atoms with van der Waals surface area (Å²) in [5.41, 5.74) is 3.85. The minimum absolute atomic E-state index is 0.0231. The van der Waals surface area contributed by atoms with Crippen LogP contribution in [0.15, 0.2) is 60.7 Å². The molecule has 0 unspecified atom stereocenters. The standard InChI is InChI=1S/C26H28N4O4/c1-19-25(26(31)27-11-6-12-29-13-15-34-16-14-29)23(21-9-5-10-22(17-21)30(32)33)18-24(28-19)20-7-3-2-4-8-20/h2-5,7-10,17-18H,6,11-16H2,1H3,(H,27,31). The maximum absolute atomic E-state index is 13.3. The van der Waals surface area contributed by atoms with Gasteiger partial charge in [0.05, 0.1) is 35.1 Å². The van der Waals surface area contributed by atoms with Gasteiger partial charge in [-0.15, -0.1) is 0 Å². The van der Waals surface area contributed by atoms with Crippen molar-refractivity contribution < 1.29 is 14.5 Å². The summed E-state index contributed by atoms with van der Waals surface area (Å²) in [5.74, 6) is -0.229. The maximum atomic E-state index is 13.3. The zero-order valence-electron chi connectivity index (χ0n) is 19.2. The first-order chi connectivity index (χ1) is 16.5. The molecule has 1 amide bonds. The molecule has 1 aromatic heterocycles. The predicted octanol–water partition coefficient (Wildman–Crippen LogP) is 4.08. The van der Waals surface area contributed by atoms with Crippen LogP contribution in [-0.2, 0) is 4.74 Å². The van der Waals surface area contributed by atoms with Gasteiger partial charge in [-0.25, -0.2) is 0 Å². The first kappa shape index (κ1) is 23.5. The highest BCUT2D eigenvalue weighted by atomic mass is 16.6. The molecule has 0 bridgehead atoms. The van der Waals surface area contributed by atoms with Crippen LogP contribution in [0, 0.1) is 17.0 Å². The lowest BCUT2D eigenvalue weighted by Crippen LogP contribution is -2.38. The Morgan fingerprint density at radius 1 is 1.09 bits per heavy atom. The first-order valence-electron chi connectivity index (χ1n) is 11.4. The number of aromatic nitrogens is 1. The van der Waals surface area contributed by atoms with Crippen LogP contribution >= 0.6 is 0 Å². The van der Waals surface area contributed by atoms with Crippen LogP contribution in [0.5, 0.6) is 0 Å². The molecule has 0 spiro atoms. The minimum Gasteiger partial charge on any atom is -0.379 e. The van der Waals surface area contributed by atoms with E-state index in [0.29, 0.717) is 34.6 Å². The lowest BCUT2D eigenvalue weighted by molar-refractivity contribution is -0.384. The number of nitrogens with zero attached hydrogens (tertiary/aromatic N) is 3. The van der Waals surface area contributed by atoms with Gasteiger partial charge in [0.15, 0.2) is 0 Å². The summed E-state index contributed by atoms with van der Waals surface area (Å²) >= 11 is 0. The summed E-state index contributed by atoms with van der Waals surface area (Å²) < 4.78 is 5.37. The smallest absolute Gasteiger partial charge is 0.270 e. The van der Waals surface area contributed by atoms with Crippen molar-refractivity contribution in [3.05, 3.63) is 82.0 Å². The third-order valence-corrected chi connectivity index (χ3v) is 5.91. The number of nitrogens with one attached hydrogen (secondary N) is 1. The number of non-ortho nitro benzene ring substituents is 1. The Balaban J connectivity index is 1.62. The number of ether oxygens (including phenoxy) is 1. The van der Waals surface area contributed by atoms with Crippen LogP contribution in [0.1, 0.15) is 22.5 Å². The second kappa shape index (κ2) is 11.0. The van der Waals surface area contributed by atoms with Crippen LogP contribution in [0.2, 0.25) is 0 Å². The van der Waals surface area contributed by atoms with Crippen LogP contribution in [0.4, 0.5) is 5.69 Å². The van der Waals surface area contributed by atoms with Gasteiger partial charge in [-0.05, 0) is 37.1 Å². The largest absolute Gasteiger partial charge is 0.379 e. The lowest BCUT2D eigenvalue weighted by Gasteiger charge is -2.26. The highest BCUT2D eigenvalue weighted by Crippen LogP contribution is 2.32. The summed E-state index contributed by atoms with van der Waals surface area (Å²) in [5, 5.41) is 14.4. The van der Waals surface area contributed by atoms with Gasteiger partial charge < -0.3 is 10.1 Å². The normalized spacial score (nSPS) is 14.0. The molecule has 8 nitrogen and oxygen atoms in total. The third-order valence-electron chi connectivity index (χ3n) is 5.91. The summed E-state index contributed by atoms with van der Waals surface area (Å²) in [7, 11) is 0. The van der Waals surface area contributed by atoms with Gasteiger partial charge in [-0.3, -0.25) is 24.8 Å². The number of aryl methyl sites for hydroxylation is 1. The van der Waals surface area contributed by atoms with Gasteiger partial charge in [-0.2, -0.15) is 0 Å². The Morgan fingerprint density at radius 2 is 1.82 bits per heavy atom. The Kier molecular flexibility index (Phi) is 7.61. The number of nitro benzene ring substituents is 1. The minimum atomic E-state index is -0.430. The molecule has 4 rings (SSSR count). The lowest BCUT2D eigenvalue weighted by atomic mass is 9.95. The van der Waals surface area contributed by atoms with E-state index < -0.39 is 4.92 Å². The van der Waals surface area contributed by atoms with Crippen LogP contribution in [-0.4, -0.2) is 60.1 Å². The number of rotatable bonds is 8. The second-order valence-corrected chi connectivity index (χ2v) is 8.25. The molecule has 176 valence electrons. The van der Waals surface area contributed by atoms with E-state index in [4.69, 9.17) is 9.72 Å². The Labute approximate surface area is 198 Å². The molecule has 1 saturated heterocycles. The van der Waals surface area contributed by atoms with E-state index in [1.807, 2.05) is 36.4 Å². The molecule has 2 heterocycles. The van der Waals surface area contributed by atoms with Crippen molar-refractivity contribution in [1.29, 1.82) is 0 Å². The Hall–Kier alpha value is -3.62. The average molecular weight is 461 g/mol. The molecule has 1 aliphatic rings. The van der Waals surface area contributed by atoms with Gasteiger partial charge in [-0.1, -0.05) is 42.5 Å². The molecule has 0 radical (unpaired) electrons. The number of carbonyl (C=O) groups excluding carboxylic acids is 1. The van der Waals surface area contributed by atoms with E-state index in [2.05, 4.69) is 10.2 Å². The second-order valence-electron chi connectivity index (χ2n) is 8.25. The van der Waals surface area contributed by atoms with Crippen molar-refractivity contribution in [2.24, 2.45) is 0 Å². The summed E-state index contributed by atoms with van der Waals surface area (Å²) in [4.78, 5) is 31.2. The Morgan fingerprint density at radius 3 is 2.56 bits per heavy atom. The molecule has 0 saturated carbocycles. The van der Waals surface area contributed by atoms with Crippen LogP contribution in [0.3, 0.4) is 0 Å². The average Bonchev–Trinajstić information content (AvgIpc) is 2.87. The van der Waals surface area contributed by atoms with Crippen molar-refractivity contribution in [1.82, 2.24) is 15.2 Å².